The smallest absolute Gasteiger partial charge is 0.289 e. The van der Waals surface area contributed by atoms with E-state index in [1.807, 2.05) is 13.8 Å². The number of rotatable bonds is 5. The van der Waals surface area contributed by atoms with Crippen LogP contribution in [-0.4, -0.2) is 21.4 Å². The first-order valence-corrected chi connectivity index (χ1v) is 5.90. The predicted octanol–water partition coefficient (Wildman–Crippen LogP) is 1.56. The summed E-state index contributed by atoms with van der Waals surface area (Å²) in [7, 11) is 0. The summed E-state index contributed by atoms with van der Waals surface area (Å²) in [6, 6.07) is 0. The molecule has 1 aromatic heterocycles. The third-order valence-electron chi connectivity index (χ3n) is 2.98. The maximum Gasteiger partial charge on any atom is 0.289 e. The quantitative estimate of drug-likeness (QED) is 0.780. The molecular formula is C11H17N3O2S. The molecule has 0 spiro atoms. The summed E-state index contributed by atoms with van der Waals surface area (Å²) in [5.74, 6) is -0.135. The van der Waals surface area contributed by atoms with Gasteiger partial charge < -0.3 is 15.5 Å². The molecule has 17 heavy (non-hydrogen) atoms. The third kappa shape index (κ3) is 2.63. The minimum atomic E-state index is -0.661. The molecule has 0 aliphatic heterocycles. The van der Waals surface area contributed by atoms with Crippen LogP contribution in [0.4, 0.5) is 0 Å². The van der Waals surface area contributed by atoms with Gasteiger partial charge in [-0.05, 0) is 19.8 Å². The SMILES string of the molecule is CCC(CC)(NC(=O)c1ocnc1C)C(N)=S. The molecule has 0 fully saturated rings. The zero-order valence-electron chi connectivity index (χ0n) is 10.2. The second-order valence-electron chi connectivity index (χ2n) is 3.87. The van der Waals surface area contributed by atoms with Crippen LogP contribution in [0.1, 0.15) is 42.9 Å². The average molecular weight is 255 g/mol. The number of nitrogens with two attached hydrogens (primary N) is 1. The molecule has 1 rings (SSSR count). The molecule has 3 N–H and O–H groups in total. The van der Waals surface area contributed by atoms with E-state index in [0.29, 0.717) is 18.5 Å². The maximum atomic E-state index is 12.0. The molecule has 1 heterocycles. The highest BCUT2D eigenvalue weighted by Gasteiger charge is 2.33. The summed E-state index contributed by atoms with van der Waals surface area (Å²) in [6.07, 6.45) is 2.51. The molecule has 5 nitrogen and oxygen atoms in total. The van der Waals surface area contributed by atoms with E-state index >= 15 is 0 Å². The lowest BCUT2D eigenvalue weighted by Gasteiger charge is -2.31. The number of hydrogen-bond acceptors (Lipinski definition) is 4. The number of aromatic nitrogens is 1. The van der Waals surface area contributed by atoms with Gasteiger partial charge in [0, 0.05) is 0 Å². The van der Waals surface area contributed by atoms with Crippen LogP contribution >= 0.6 is 12.2 Å². The van der Waals surface area contributed by atoms with Gasteiger partial charge in [0.2, 0.25) is 5.76 Å². The average Bonchev–Trinajstić information content (AvgIpc) is 2.72. The topological polar surface area (TPSA) is 81.2 Å². The summed E-state index contributed by atoms with van der Waals surface area (Å²) in [6.45, 7) is 5.56. The number of aryl methyl sites for hydroxylation is 1. The van der Waals surface area contributed by atoms with Crippen molar-refractivity contribution in [2.24, 2.45) is 5.73 Å². The van der Waals surface area contributed by atoms with Crippen molar-refractivity contribution in [1.82, 2.24) is 10.3 Å². The van der Waals surface area contributed by atoms with Crippen LogP contribution < -0.4 is 11.1 Å². The molecule has 1 amide bonds. The first-order chi connectivity index (χ1) is 7.96. The van der Waals surface area contributed by atoms with Gasteiger partial charge in [0.25, 0.3) is 5.91 Å². The number of carbonyl (C=O) groups excluding carboxylic acids is 1. The van der Waals surface area contributed by atoms with Gasteiger partial charge in [-0.1, -0.05) is 26.1 Å². The molecule has 0 aromatic carbocycles. The maximum absolute atomic E-state index is 12.0. The molecular weight excluding hydrogens is 238 g/mol. The predicted molar refractivity (Wildman–Crippen MR) is 68.8 cm³/mol. The van der Waals surface area contributed by atoms with Crippen LogP contribution in [0.2, 0.25) is 0 Å². The van der Waals surface area contributed by atoms with Crippen molar-refractivity contribution in [2.75, 3.05) is 0 Å². The summed E-state index contributed by atoms with van der Waals surface area (Å²) >= 11 is 5.02. The second kappa shape index (κ2) is 5.27. The molecule has 0 saturated carbocycles. The Labute approximate surface area is 106 Å². The van der Waals surface area contributed by atoms with Crippen LogP contribution in [0.3, 0.4) is 0 Å². The van der Waals surface area contributed by atoms with E-state index in [4.69, 9.17) is 22.4 Å². The van der Waals surface area contributed by atoms with Crippen molar-refractivity contribution in [2.45, 2.75) is 39.2 Å². The third-order valence-corrected chi connectivity index (χ3v) is 3.37. The highest BCUT2D eigenvalue weighted by atomic mass is 32.1. The number of nitrogens with one attached hydrogen (secondary N) is 1. The normalized spacial score (nSPS) is 11.2. The van der Waals surface area contributed by atoms with Crippen molar-refractivity contribution in [3.8, 4) is 0 Å². The monoisotopic (exact) mass is 255 g/mol. The first-order valence-electron chi connectivity index (χ1n) is 5.49. The fraction of sp³-hybridized carbons (Fsp3) is 0.545. The van der Waals surface area contributed by atoms with Crippen molar-refractivity contribution < 1.29 is 9.21 Å². The van der Waals surface area contributed by atoms with E-state index in [2.05, 4.69) is 10.3 Å². The van der Waals surface area contributed by atoms with Crippen molar-refractivity contribution in [3.05, 3.63) is 17.8 Å². The van der Waals surface area contributed by atoms with Crippen LogP contribution in [0.5, 0.6) is 0 Å². The molecule has 0 unspecified atom stereocenters. The van der Waals surface area contributed by atoms with E-state index in [1.165, 1.54) is 6.39 Å². The van der Waals surface area contributed by atoms with E-state index in [-0.39, 0.29) is 16.7 Å². The Morgan fingerprint density at radius 3 is 2.53 bits per heavy atom. The molecule has 0 radical (unpaired) electrons. The highest BCUT2D eigenvalue weighted by molar-refractivity contribution is 7.80. The summed E-state index contributed by atoms with van der Waals surface area (Å²) in [5, 5.41) is 2.83. The number of nitrogens with zero attached hydrogens (tertiary/aromatic N) is 1. The molecule has 1 aromatic rings. The summed E-state index contributed by atoms with van der Waals surface area (Å²) < 4.78 is 5.03. The lowest BCUT2D eigenvalue weighted by atomic mass is 9.92. The van der Waals surface area contributed by atoms with Gasteiger partial charge in [0.1, 0.15) is 0 Å². The van der Waals surface area contributed by atoms with E-state index < -0.39 is 5.54 Å². The second-order valence-corrected chi connectivity index (χ2v) is 4.31. The molecule has 6 heteroatoms. The highest BCUT2D eigenvalue weighted by Crippen LogP contribution is 2.17. The Morgan fingerprint density at radius 2 is 2.18 bits per heavy atom. The Hall–Kier alpha value is -1.43. The van der Waals surface area contributed by atoms with Gasteiger partial charge in [0.05, 0.1) is 16.2 Å². The van der Waals surface area contributed by atoms with E-state index in [9.17, 15) is 4.79 Å². The zero-order chi connectivity index (χ0) is 13.1. The van der Waals surface area contributed by atoms with Crippen LogP contribution in [-0.2, 0) is 0 Å². The number of hydrogen-bond donors (Lipinski definition) is 2. The van der Waals surface area contributed by atoms with Gasteiger partial charge in [-0.3, -0.25) is 4.79 Å². The molecule has 0 saturated heterocycles. The molecule has 0 aliphatic rings. The molecule has 0 atom stereocenters. The number of amides is 1. The van der Waals surface area contributed by atoms with Gasteiger partial charge in [0.15, 0.2) is 6.39 Å². The minimum absolute atomic E-state index is 0.201. The number of carbonyl (C=O) groups is 1. The van der Waals surface area contributed by atoms with Crippen LogP contribution in [0.15, 0.2) is 10.8 Å². The van der Waals surface area contributed by atoms with Crippen LogP contribution in [0.25, 0.3) is 0 Å². The van der Waals surface area contributed by atoms with Gasteiger partial charge >= 0.3 is 0 Å². The van der Waals surface area contributed by atoms with Gasteiger partial charge in [-0.15, -0.1) is 0 Å². The fourth-order valence-corrected chi connectivity index (χ4v) is 1.97. The van der Waals surface area contributed by atoms with Gasteiger partial charge in [-0.2, -0.15) is 0 Å². The Morgan fingerprint density at radius 1 is 1.59 bits per heavy atom. The number of thiocarbonyl (C=S) groups is 1. The standard InChI is InChI=1S/C11H17N3O2S/c1-4-11(5-2,10(12)17)14-9(15)8-7(3)13-6-16-8/h6H,4-5H2,1-3H3,(H2,12,17)(H,14,15). The Kier molecular flexibility index (Phi) is 4.22. The molecule has 0 bridgehead atoms. The largest absolute Gasteiger partial charge is 0.438 e. The van der Waals surface area contributed by atoms with Crippen molar-refractivity contribution in [3.63, 3.8) is 0 Å². The number of oxazole rings is 1. The minimum Gasteiger partial charge on any atom is -0.438 e. The lowest BCUT2D eigenvalue weighted by Crippen LogP contribution is -2.56. The van der Waals surface area contributed by atoms with E-state index in [1.54, 1.807) is 6.92 Å². The van der Waals surface area contributed by atoms with Gasteiger partial charge in [-0.25, -0.2) is 4.98 Å². The summed E-state index contributed by atoms with van der Waals surface area (Å²) in [5.41, 5.74) is 5.59. The van der Waals surface area contributed by atoms with E-state index in [0.717, 1.165) is 0 Å². The molecule has 0 aliphatic carbocycles. The van der Waals surface area contributed by atoms with Crippen LogP contribution in [0, 0.1) is 6.92 Å². The summed E-state index contributed by atoms with van der Waals surface area (Å²) in [4.78, 5) is 16.2. The lowest BCUT2D eigenvalue weighted by molar-refractivity contribution is 0.0890. The molecule has 94 valence electrons. The Balaban J connectivity index is 2.93. The Bertz CT molecular complexity index is 424. The first kappa shape index (κ1) is 13.6. The van der Waals surface area contributed by atoms with Crippen molar-refractivity contribution >= 4 is 23.1 Å². The fourth-order valence-electron chi connectivity index (χ4n) is 1.63. The van der Waals surface area contributed by atoms with Crippen molar-refractivity contribution in [1.29, 1.82) is 0 Å². The zero-order valence-corrected chi connectivity index (χ0v) is 11.1.